The summed E-state index contributed by atoms with van der Waals surface area (Å²) >= 11 is 1.87. The number of nitrogens with zero attached hydrogens (tertiary/aromatic N) is 1. The molecule has 26 heavy (non-hydrogen) atoms. The molecule has 5 nitrogen and oxygen atoms in total. The maximum Gasteiger partial charge on any atom is 0.227 e. The van der Waals surface area contributed by atoms with E-state index in [1.807, 2.05) is 11.8 Å². The average Bonchev–Trinajstić information content (AvgIpc) is 3.06. The van der Waals surface area contributed by atoms with Gasteiger partial charge in [-0.2, -0.15) is 11.8 Å². The fraction of sp³-hybridized carbons (Fsp3) is 0.263. The molecule has 1 aliphatic rings. The largest absolute Gasteiger partial charge is 0.436 e. The van der Waals surface area contributed by atoms with Crippen LogP contribution in [0.5, 0.6) is 0 Å². The molecular formula is C19H18FN3O2S. The number of amides is 1. The Balaban J connectivity index is 1.48. The number of oxazole rings is 1. The highest BCUT2D eigenvalue weighted by Crippen LogP contribution is 2.26. The molecule has 0 saturated carbocycles. The van der Waals surface area contributed by atoms with E-state index < -0.39 is 0 Å². The lowest BCUT2D eigenvalue weighted by Crippen LogP contribution is -2.39. The second kappa shape index (κ2) is 7.47. The Hall–Kier alpha value is -2.38. The van der Waals surface area contributed by atoms with Crippen molar-refractivity contribution < 1.29 is 13.6 Å². The average molecular weight is 371 g/mol. The van der Waals surface area contributed by atoms with Crippen LogP contribution in [-0.4, -0.2) is 35.0 Å². The molecule has 1 atom stereocenters. The number of carbonyl (C=O) groups is 1. The molecule has 2 heterocycles. The van der Waals surface area contributed by atoms with Crippen molar-refractivity contribution in [2.45, 2.75) is 12.5 Å². The van der Waals surface area contributed by atoms with Crippen LogP contribution in [0.15, 0.2) is 46.9 Å². The summed E-state index contributed by atoms with van der Waals surface area (Å²) < 4.78 is 18.8. The number of thioether (sulfide) groups is 1. The summed E-state index contributed by atoms with van der Waals surface area (Å²) in [6.07, 6.45) is 0.447. The zero-order chi connectivity index (χ0) is 17.9. The third kappa shape index (κ3) is 3.89. The zero-order valence-corrected chi connectivity index (χ0v) is 14.8. The first-order valence-corrected chi connectivity index (χ1v) is 9.60. The second-order valence-electron chi connectivity index (χ2n) is 6.19. The number of anilines is 1. The van der Waals surface area contributed by atoms with Crippen LogP contribution < -0.4 is 10.6 Å². The highest BCUT2D eigenvalue weighted by atomic mass is 32.2. The van der Waals surface area contributed by atoms with E-state index in [1.165, 1.54) is 12.1 Å². The van der Waals surface area contributed by atoms with Gasteiger partial charge in [0.25, 0.3) is 0 Å². The van der Waals surface area contributed by atoms with E-state index in [0.29, 0.717) is 34.7 Å². The van der Waals surface area contributed by atoms with E-state index >= 15 is 0 Å². The Kier molecular flexibility index (Phi) is 4.90. The van der Waals surface area contributed by atoms with Crippen molar-refractivity contribution >= 4 is 34.5 Å². The highest BCUT2D eigenvalue weighted by Gasteiger charge is 2.17. The number of rotatable bonds is 4. The number of carbonyl (C=O) groups excluding carboxylic acids is 1. The summed E-state index contributed by atoms with van der Waals surface area (Å²) in [5.41, 5.74) is 2.64. The smallest absolute Gasteiger partial charge is 0.227 e. The molecule has 1 amide bonds. The minimum absolute atomic E-state index is 0.0253. The maximum absolute atomic E-state index is 13.1. The lowest BCUT2D eigenvalue weighted by atomic mass is 10.2. The monoisotopic (exact) mass is 371 g/mol. The molecule has 0 bridgehead atoms. The van der Waals surface area contributed by atoms with Gasteiger partial charge in [-0.3, -0.25) is 4.79 Å². The number of halogens is 1. The zero-order valence-electron chi connectivity index (χ0n) is 14.0. The van der Waals surface area contributed by atoms with E-state index in [4.69, 9.17) is 4.42 Å². The summed E-state index contributed by atoms with van der Waals surface area (Å²) in [6, 6.07) is 11.6. The van der Waals surface area contributed by atoms with Crippen LogP contribution in [0.25, 0.3) is 22.6 Å². The van der Waals surface area contributed by atoms with Gasteiger partial charge in [0.15, 0.2) is 5.58 Å². The number of fused-ring (bicyclic) bond motifs is 1. The van der Waals surface area contributed by atoms with E-state index in [1.54, 1.807) is 30.3 Å². The molecular weight excluding hydrogens is 353 g/mol. The number of benzene rings is 2. The van der Waals surface area contributed by atoms with Gasteiger partial charge in [-0.05, 0) is 36.4 Å². The number of aromatic nitrogens is 1. The summed E-state index contributed by atoms with van der Waals surface area (Å²) in [6.45, 7) is 0.943. The van der Waals surface area contributed by atoms with Crippen molar-refractivity contribution in [1.82, 2.24) is 10.3 Å². The number of hydrogen-bond acceptors (Lipinski definition) is 5. The van der Waals surface area contributed by atoms with Crippen molar-refractivity contribution in [3.8, 4) is 11.5 Å². The van der Waals surface area contributed by atoms with Crippen LogP contribution in [0.2, 0.25) is 0 Å². The van der Waals surface area contributed by atoms with Gasteiger partial charge in [-0.15, -0.1) is 0 Å². The molecule has 1 aromatic heterocycles. The van der Waals surface area contributed by atoms with E-state index in [-0.39, 0.29) is 17.8 Å². The second-order valence-corrected chi connectivity index (χ2v) is 7.34. The predicted octanol–water partition coefficient (Wildman–Crippen LogP) is 3.67. The van der Waals surface area contributed by atoms with Crippen molar-refractivity contribution in [1.29, 1.82) is 0 Å². The van der Waals surface area contributed by atoms with Crippen LogP contribution >= 0.6 is 11.8 Å². The van der Waals surface area contributed by atoms with E-state index in [2.05, 4.69) is 15.6 Å². The quantitative estimate of drug-likeness (QED) is 0.733. The molecule has 1 unspecified atom stereocenters. The minimum Gasteiger partial charge on any atom is -0.436 e. The fourth-order valence-electron chi connectivity index (χ4n) is 2.90. The van der Waals surface area contributed by atoms with Crippen molar-refractivity contribution in [3.63, 3.8) is 0 Å². The summed E-state index contributed by atoms with van der Waals surface area (Å²) in [5.74, 6) is 2.14. The Morgan fingerprint density at radius 2 is 2.15 bits per heavy atom. The molecule has 1 aliphatic heterocycles. The molecule has 4 rings (SSSR count). The van der Waals surface area contributed by atoms with Crippen molar-refractivity contribution in [3.05, 3.63) is 48.3 Å². The standard InChI is InChI=1S/C19H18FN3O2S/c20-13-3-1-12(2-4-13)19-23-16-6-5-14(9-17(16)25-19)22-18(24)10-15-11-26-8-7-21-15/h1-6,9,15,21H,7-8,10-11H2,(H,22,24). The molecule has 1 saturated heterocycles. The molecule has 2 N–H and O–H groups in total. The molecule has 0 radical (unpaired) electrons. The minimum atomic E-state index is -0.305. The van der Waals surface area contributed by atoms with E-state index in [9.17, 15) is 9.18 Å². The first kappa shape index (κ1) is 17.1. The molecule has 2 aromatic carbocycles. The van der Waals surface area contributed by atoms with Crippen molar-refractivity contribution in [2.24, 2.45) is 0 Å². The summed E-state index contributed by atoms with van der Waals surface area (Å²) in [7, 11) is 0. The van der Waals surface area contributed by atoms with Crippen LogP contribution in [0, 0.1) is 5.82 Å². The van der Waals surface area contributed by atoms with Gasteiger partial charge in [0.2, 0.25) is 11.8 Å². The highest BCUT2D eigenvalue weighted by molar-refractivity contribution is 7.99. The normalized spacial score (nSPS) is 17.3. The molecule has 7 heteroatoms. The van der Waals surface area contributed by atoms with Crippen molar-refractivity contribution in [2.75, 3.05) is 23.4 Å². The van der Waals surface area contributed by atoms with Gasteiger partial charge in [0, 0.05) is 47.8 Å². The van der Waals surface area contributed by atoms with Crippen LogP contribution in [-0.2, 0) is 4.79 Å². The van der Waals surface area contributed by atoms with Gasteiger partial charge in [-0.25, -0.2) is 9.37 Å². The lowest BCUT2D eigenvalue weighted by Gasteiger charge is -2.22. The van der Waals surface area contributed by atoms with Crippen LogP contribution in [0.4, 0.5) is 10.1 Å². The van der Waals surface area contributed by atoms with Crippen LogP contribution in [0.1, 0.15) is 6.42 Å². The molecule has 0 aliphatic carbocycles. The van der Waals surface area contributed by atoms with Gasteiger partial charge in [0.05, 0.1) is 0 Å². The predicted molar refractivity (Wildman–Crippen MR) is 102 cm³/mol. The number of nitrogens with one attached hydrogen (secondary N) is 2. The first-order chi connectivity index (χ1) is 12.7. The van der Waals surface area contributed by atoms with Gasteiger partial charge < -0.3 is 15.1 Å². The Labute approximate surface area is 154 Å². The maximum atomic E-state index is 13.1. The molecule has 1 fully saturated rings. The van der Waals surface area contributed by atoms with Gasteiger partial charge in [0.1, 0.15) is 11.3 Å². The van der Waals surface area contributed by atoms with Crippen LogP contribution in [0.3, 0.4) is 0 Å². The molecule has 0 spiro atoms. The third-order valence-electron chi connectivity index (χ3n) is 4.19. The lowest BCUT2D eigenvalue weighted by molar-refractivity contribution is -0.116. The molecule has 134 valence electrons. The SMILES string of the molecule is O=C(CC1CSCCN1)Nc1ccc2nc(-c3ccc(F)cc3)oc2c1. The first-order valence-electron chi connectivity index (χ1n) is 8.45. The van der Waals surface area contributed by atoms with E-state index in [0.717, 1.165) is 18.1 Å². The Morgan fingerprint density at radius 3 is 2.92 bits per heavy atom. The topological polar surface area (TPSA) is 67.2 Å². The molecule has 3 aromatic rings. The fourth-order valence-corrected chi connectivity index (χ4v) is 3.85. The third-order valence-corrected chi connectivity index (χ3v) is 5.32. The summed E-state index contributed by atoms with van der Waals surface area (Å²) in [5, 5.41) is 6.27. The Morgan fingerprint density at radius 1 is 1.31 bits per heavy atom. The summed E-state index contributed by atoms with van der Waals surface area (Å²) in [4.78, 5) is 16.6. The van der Waals surface area contributed by atoms with Gasteiger partial charge >= 0.3 is 0 Å². The number of hydrogen-bond donors (Lipinski definition) is 2. The Bertz CT molecular complexity index is 920. The van der Waals surface area contributed by atoms with Gasteiger partial charge in [-0.1, -0.05) is 0 Å².